The minimum atomic E-state index is 0. The predicted octanol–water partition coefficient (Wildman–Crippen LogP) is -1.14. The van der Waals surface area contributed by atoms with Crippen LogP contribution in [0, 0.1) is 0 Å². The maximum Gasteiger partial charge on any atom is 0 e. The molecule has 0 N–H and O–H groups in total. The topological polar surface area (TPSA) is 0 Å². The molecule has 0 nitrogen and oxygen atoms in total. The van der Waals surface area contributed by atoms with Crippen molar-refractivity contribution in [3.63, 3.8) is 0 Å². The Balaban J connectivity index is 0. The Kier molecular flexibility index (Phi) is 98.1. The molecular weight excluding hydrogens is 457 g/mol. The van der Waals surface area contributed by atoms with Crippen LogP contribution in [0.1, 0.15) is 0 Å². The molecular formula is CaPbSnZr. The molecule has 0 rings (SSSR count). The molecule has 4 heavy (non-hydrogen) atoms. The molecule has 0 saturated heterocycles. The van der Waals surface area contributed by atoms with E-state index in [4.69, 9.17) is 0 Å². The van der Waals surface area contributed by atoms with E-state index in [1.54, 1.807) is 0 Å². The molecule has 4 heteroatoms. The normalized spacial score (nSPS) is 0. The first-order valence-electron chi connectivity index (χ1n) is 0. The van der Waals surface area contributed by atoms with Gasteiger partial charge in [0.2, 0.25) is 0 Å². The fraction of sp³-hybridized carbons (Fsp3) is 0. The third-order valence-electron chi connectivity index (χ3n) is 0. The second-order valence-electron chi connectivity index (χ2n) is 0. The van der Waals surface area contributed by atoms with Crippen LogP contribution in [0.5, 0.6) is 0 Å². The summed E-state index contributed by atoms with van der Waals surface area (Å²) in [6.45, 7) is 0. The Hall–Kier alpha value is 3.86. The maximum atomic E-state index is 0. The van der Waals surface area contributed by atoms with Crippen molar-refractivity contribution >= 4 is 88.9 Å². The van der Waals surface area contributed by atoms with Gasteiger partial charge in [0, 0.05) is 115 Å². The number of hydrogen-bond donors (Lipinski definition) is 0. The first-order valence-corrected chi connectivity index (χ1v) is 0. The summed E-state index contributed by atoms with van der Waals surface area (Å²) in [6.07, 6.45) is 0. The van der Waals surface area contributed by atoms with Crippen molar-refractivity contribution in [1.29, 1.82) is 0 Å². The smallest absolute Gasteiger partial charge is 0 e. The van der Waals surface area contributed by atoms with E-state index >= 15 is 0 Å². The molecule has 0 heterocycles. The van der Waals surface area contributed by atoms with Crippen molar-refractivity contribution in [3.8, 4) is 0 Å². The van der Waals surface area contributed by atoms with E-state index in [0.29, 0.717) is 0 Å². The van der Waals surface area contributed by atoms with Gasteiger partial charge >= 0.3 is 0 Å². The molecule has 0 aromatic carbocycles. The molecule has 0 aliphatic heterocycles. The van der Waals surface area contributed by atoms with Crippen molar-refractivity contribution in [2.24, 2.45) is 0 Å². The Bertz CT molecular complexity index is 8.00. The van der Waals surface area contributed by atoms with E-state index in [9.17, 15) is 0 Å². The van der Waals surface area contributed by atoms with E-state index in [1.807, 2.05) is 0 Å². The summed E-state index contributed by atoms with van der Waals surface area (Å²) >= 11 is 0. The van der Waals surface area contributed by atoms with Crippen molar-refractivity contribution in [1.82, 2.24) is 0 Å². The fourth-order valence-electron chi connectivity index (χ4n) is 0. The van der Waals surface area contributed by atoms with E-state index in [-0.39, 0.29) is 115 Å². The monoisotopic (exact) mass is 458 g/mol. The SMILES string of the molecule is [Ca].[Pb].[Sn].[Zr]. The van der Waals surface area contributed by atoms with Crippen LogP contribution in [0.25, 0.3) is 0 Å². The van der Waals surface area contributed by atoms with Gasteiger partial charge in [-0.2, -0.15) is 0 Å². The average Bonchev–Trinajstić information content (AvgIpc) is 0. The van der Waals surface area contributed by atoms with Gasteiger partial charge in [-0.25, -0.2) is 0 Å². The summed E-state index contributed by atoms with van der Waals surface area (Å²) < 4.78 is 0. The zero-order chi connectivity index (χ0) is 0. The fourth-order valence-corrected chi connectivity index (χ4v) is 0. The van der Waals surface area contributed by atoms with Gasteiger partial charge in [-0.05, 0) is 0 Å². The summed E-state index contributed by atoms with van der Waals surface area (Å²) in [5, 5.41) is 0. The standard InChI is InChI=1S/Ca.Pb.Sn.Zr. The van der Waals surface area contributed by atoms with Gasteiger partial charge in [0.25, 0.3) is 0 Å². The van der Waals surface area contributed by atoms with Crippen LogP contribution < -0.4 is 0 Å². The van der Waals surface area contributed by atoms with Crippen LogP contribution in [0.15, 0.2) is 0 Å². The van der Waals surface area contributed by atoms with Crippen molar-refractivity contribution in [2.75, 3.05) is 0 Å². The molecule has 14 valence electrons. The quantitative estimate of drug-likeness (QED) is 0.404. The first kappa shape index (κ1) is 24.8. The molecule has 0 aliphatic carbocycles. The minimum Gasteiger partial charge on any atom is 0 e. The molecule has 0 unspecified atom stereocenters. The molecule has 0 fully saturated rings. The van der Waals surface area contributed by atoms with Gasteiger partial charge in [0.15, 0.2) is 0 Å². The summed E-state index contributed by atoms with van der Waals surface area (Å²) in [7, 11) is 0. The van der Waals surface area contributed by atoms with Crippen LogP contribution in [-0.4, -0.2) is 88.9 Å². The van der Waals surface area contributed by atoms with Gasteiger partial charge in [0.1, 0.15) is 0 Å². The Morgan fingerprint density at radius 2 is 1.00 bits per heavy atom. The minimum absolute atomic E-state index is 0. The molecule has 10 radical (unpaired) electrons. The number of rotatable bonds is 0. The van der Waals surface area contributed by atoms with E-state index in [1.165, 1.54) is 0 Å². The Morgan fingerprint density at radius 3 is 1.00 bits per heavy atom. The largest absolute Gasteiger partial charge is 0 e. The number of hydrogen-bond acceptors (Lipinski definition) is 0. The third kappa shape index (κ3) is 9.29. The summed E-state index contributed by atoms with van der Waals surface area (Å²) in [4.78, 5) is 0. The maximum absolute atomic E-state index is 0. The Labute approximate surface area is 112 Å². The molecule has 0 aromatic heterocycles. The Morgan fingerprint density at radius 1 is 1.00 bits per heavy atom. The molecule has 0 amide bonds. The molecule has 0 spiro atoms. The summed E-state index contributed by atoms with van der Waals surface area (Å²) in [5.41, 5.74) is 0. The summed E-state index contributed by atoms with van der Waals surface area (Å²) in [6, 6.07) is 0. The van der Waals surface area contributed by atoms with Crippen LogP contribution >= 0.6 is 0 Å². The third-order valence-corrected chi connectivity index (χ3v) is 0. The molecule has 0 atom stereocenters. The second kappa shape index (κ2) is 15.8. The second-order valence-corrected chi connectivity index (χ2v) is 0. The van der Waals surface area contributed by atoms with Crippen molar-refractivity contribution in [2.45, 2.75) is 0 Å². The molecule has 0 aromatic rings. The van der Waals surface area contributed by atoms with Crippen LogP contribution in [-0.2, 0) is 26.2 Å². The predicted molar refractivity (Wildman–Crippen MR) is 17.3 cm³/mol. The van der Waals surface area contributed by atoms with Gasteiger partial charge in [-0.15, -0.1) is 0 Å². The van der Waals surface area contributed by atoms with Gasteiger partial charge < -0.3 is 0 Å². The van der Waals surface area contributed by atoms with Crippen LogP contribution in [0.3, 0.4) is 0 Å². The van der Waals surface area contributed by atoms with Crippen molar-refractivity contribution < 1.29 is 26.2 Å². The van der Waals surface area contributed by atoms with Gasteiger partial charge in [-0.1, -0.05) is 0 Å². The van der Waals surface area contributed by atoms with E-state index < -0.39 is 0 Å². The molecule has 0 bridgehead atoms. The zero-order valence-corrected chi connectivity index (χ0v) is 13.6. The van der Waals surface area contributed by atoms with Crippen molar-refractivity contribution in [3.05, 3.63) is 0 Å². The zero-order valence-electron chi connectivity index (χ0n) is 2.21. The summed E-state index contributed by atoms with van der Waals surface area (Å²) in [5.74, 6) is 0. The van der Waals surface area contributed by atoms with E-state index in [0.717, 1.165) is 0 Å². The van der Waals surface area contributed by atoms with Crippen LogP contribution in [0.4, 0.5) is 0 Å². The molecule has 0 saturated carbocycles. The average molecular weight is 457 g/mol. The molecule has 0 aliphatic rings. The van der Waals surface area contributed by atoms with E-state index in [2.05, 4.69) is 0 Å². The first-order chi connectivity index (χ1) is 0. The van der Waals surface area contributed by atoms with Crippen LogP contribution in [0.2, 0.25) is 0 Å². The van der Waals surface area contributed by atoms with Gasteiger partial charge in [-0.3, -0.25) is 0 Å². The van der Waals surface area contributed by atoms with Gasteiger partial charge in [0.05, 0.1) is 0 Å².